The SMILES string of the molecule is CC1(C)C(=O)NC(=O)CN1S(=O)(=O)c1cnc(Cl)s1. The molecule has 1 N–H and O–H groups in total. The van der Waals surface area contributed by atoms with Crippen LogP contribution < -0.4 is 5.32 Å². The number of carbonyl (C=O) groups is 2. The maximum Gasteiger partial charge on any atom is 0.255 e. The Morgan fingerprint density at radius 2 is 2.11 bits per heavy atom. The van der Waals surface area contributed by atoms with Gasteiger partial charge in [0.1, 0.15) is 5.54 Å². The molecule has 0 aromatic carbocycles. The average Bonchev–Trinajstić information content (AvgIpc) is 2.71. The van der Waals surface area contributed by atoms with Gasteiger partial charge in [0.2, 0.25) is 11.8 Å². The number of rotatable bonds is 2. The molecule has 1 aromatic rings. The van der Waals surface area contributed by atoms with Crippen LogP contribution in [0.4, 0.5) is 0 Å². The van der Waals surface area contributed by atoms with Crippen LogP contribution in [0.5, 0.6) is 0 Å². The zero-order chi connectivity index (χ0) is 14.4. The second-order valence-electron chi connectivity index (χ2n) is 4.38. The smallest absolute Gasteiger partial charge is 0.255 e. The summed E-state index contributed by atoms with van der Waals surface area (Å²) in [7, 11) is -3.99. The average molecular weight is 324 g/mol. The summed E-state index contributed by atoms with van der Waals surface area (Å²) < 4.78 is 25.6. The number of aromatic nitrogens is 1. The van der Waals surface area contributed by atoms with Crippen molar-refractivity contribution in [1.29, 1.82) is 0 Å². The highest BCUT2D eigenvalue weighted by molar-refractivity contribution is 7.91. The van der Waals surface area contributed by atoms with E-state index in [9.17, 15) is 18.0 Å². The van der Waals surface area contributed by atoms with E-state index in [1.165, 1.54) is 13.8 Å². The number of sulfonamides is 1. The fourth-order valence-corrected chi connectivity index (χ4v) is 4.73. The second-order valence-corrected chi connectivity index (χ2v) is 8.08. The molecule has 0 bridgehead atoms. The van der Waals surface area contributed by atoms with Gasteiger partial charge in [0, 0.05) is 0 Å². The highest BCUT2D eigenvalue weighted by Gasteiger charge is 2.48. The summed E-state index contributed by atoms with van der Waals surface area (Å²) in [5, 5.41) is 2.11. The zero-order valence-corrected chi connectivity index (χ0v) is 12.4. The van der Waals surface area contributed by atoms with E-state index >= 15 is 0 Å². The van der Waals surface area contributed by atoms with Crippen molar-refractivity contribution in [1.82, 2.24) is 14.6 Å². The molecule has 0 aliphatic carbocycles. The van der Waals surface area contributed by atoms with Crippen LogP contribution in [-0.4, -0.2) is 41.6 Å². The Hall–Kier alpha value is -1.03. The second kappa shape index (κ2) is 4.51. The Bertz CT molecular complexity index is 652. The monoisotopic (exact) mass is 323 g/mol. The van der Waals surface area contributed by atoms with Gasteiger partial charge in [-0.1, -0.05) is 22.9 Å². The molecule has 0 spiro atoms. The maximum atomic E-state index is 12.4. The molecule has 2 rings (SSSR count). The predicted octanol–water partition coefficient (Wildman–Crippen LogP) is 0.222. The van der Waals surface area contributed by atoms with Gasteiger partial charge in [0.05, 0.1) is 12.7 Å². The molecule has 0 atom stereocenters. The van der Waals surface area contributed by atoms with Gasteiger partial charge in [-0.15, -0.1) is 0 Å². The minimum absolute atomic E-state index is 0.0733. The molecule has 2 heterocycles. The van der Waals surface area contributed by atoms with Crippen molar-refractivity contribution in [3.63, 3.8) is 0 Å². The number of thiazole rings is 1. The Morgan fingerprint density at radius 3 is 2.63 bits per heavy atom. The van der Waals surface area contributed by atoms with Crippen LogP contribution in [0, 0.1) is 0 Å². The van der Waals surface area contributed by atoms with E-state index in [-0.39, 0.29) is 8.68 Å². The van der Waals surface area contributed by atoms with E-state index in [0.29, 0.717) is 0 Å². The van der Waals surface area contributed by atoms with Gasteiger partial charge in [-0.05, 0) is 13.8 Å². The van der Waals surface area contributed by atoms with E-state index in [4.69, 9.17) is 11.6 Å². The van der Waals surface area contributed by atoms with Crippen molar-refractivity contribution in [3.8, 4) is 0 Å². The standard InChI is InChI=1S/C9H10ClN3O4S2/c1-9(2)7(15)12-5(14)4-13(9)19(16,17)6-3-11-8(10)18-6/h3H,4H2,1-2H3,(H,12,14,15). The first kappa shape index (κ1) is 14.4. The summed E-state index contributed by atoms with van der Waals surface area (Å²) >= 11 is 6.39. The Balaban J connectivity index is 2.49. The third-order valence-electron chi connectivity index (χ3n) is 2.72. The molecule has 1 fully saturated rings. The third-order valence-corrected chi connectivity index (χ3v) is 6.29. The molecular weight excluding hydrogens is 314 g/mol. The van der Waals surface area contributed by atoms with Crippen LogP contribution in [0.3, 0.4) is 0 Å². The van der Waals surface area contributed by atoms with E-state index in [0.717, 1.165) is 21.8 Å². The molecule has 1 aliphatic rings. The lowest BCUT2D eigenvalue weighted by Crippen LogP contribution is -2.65. The fraction of sp³-hybridized carbons (Fsp3) is 0.444. The molecule has 0 unspecified atom stereocenters. The van der Waals surface area contributed by atoms with E-state index in [1.807, 2.05) is 0 Å². The van der Waals surface area contributed by atoms with Gasteiger partial charge in [0.15, 0.2) is 8.68 Å². The van der Waals surface area contributed by atoms with Gasteiger partial charge in [-0.2, -0.15) is 4.31 Å². The first-order chi connectivity index (χ1) is 8.65. The molecule has 10 heteroatoms. The van der Waals surface area contributed by atoms with Gasteiger partial charge in [-0.25, -0.2) is 13.4 Å². The van der Waals surface area contributed by atoms with Crippen molar-refractivity contribution in [2.24, 2.45) is 0 Å². The number of carbonyl (C=O) groups excluding carboxylic acids is 2. The summed E-state index contributed by atoms with van der Waals surface area (Å²) in [6.45, 7) is 2.43. The topological polar surface area (TPSA) is 96.4 Å². The minimum Gasteiger partial charge on any atom is -0.294 e. The molecule has 7 nitrogen and oxygen atoms in total. The Morgan fingerprint density at radius 1 is 1.47 bits per heavy atom. The fourth-order valence-electron chi connectivity index (χ4n) is 1.61. The van der Waals surface area contributed by atoms with E-state index < -0.39 is 33.9 Å². The molecular formula is C9H10ClN3O4S2. The first-order valence-electron chi connectivity index (χ1n) is 5.14. The largest absolute Gasteiger partial charge is 0.294 e. The minimum atomic E-state index is -3.99. The summed E-state index contributed by atoms with van der Waals surface area (Å²) in [5.74, 6) is -1.33. The number of nitrogens with one attached hydrogen (secondary N) is 1. The first-order valence-corrected chi connectivity index (χ1v) is 7.77. The van der Waals surface area contributed by atoms with Crippen LogP contribution in [-0.2, 0) is 19.6 Å². The van der Waals surface area contributed by atoms with E-state index in [2.05, 4.69) is 10.3 Å². The van der Waals surface area contributed by atoms with Gasteiger partial charge in [0.25, 0.3) is 10.0 Å². The number of hydrogen-bond acceptors (Lipinski definition) is 6. The van der Waals surface area contributed by atoms with Crippen LogP contribution in [0.25, 0.3) is 0 Å². The number of halogens is 1. The normalized spacial score (nSPS) is 20.4. The number of piperazine rings is 1. The van der Waals surface area contributed by atoms with Crippen LogP contribution >= 0.6 is 22.9 Å². The summed E-state index contributed by atoms with van der Waals surface area (Å²) in [4.78, 5) is 26.8. The molecule has 1 aromatic heterocycles. The van der Waals surface area contributed by atoms with Crippen molar-refractivity contribution in [2.45, 2.75) is 23.6 Å². The lowest BCUT2D eigenvalue weighted by atomic mass is 10.0. The summed E-state index contributed by atoms with van der Waals surface area (Å²) in [5.41, 5.74) is -1.36. The molecule has 1 aliphatic heterocycles. The molecule has 104 valence electrons. The van der Waals surface area contributed by atoms with E-state index in [1.54, 1.807) is 0 Å². The van der Waals surface area contributed by atoms with Gasteiger partial charge < -0.3 is 0 Å². The predicted molar refractivity (Wildman–Crippen MR) is 68.2 cm³/mol. The Labute approximate surface area is 118 Å². The quantitative estimate of drug-likeness (QED) is 0.785. The lowest BCUT2D eigenvalue weighted by molar-refractivity contribution is -0.141. The van der Waals surface area contributed by atoms with Crippen LogP contribution in [0.2, 0.25) is 4.47 Å². The molecule has 0 radical (unpaired) electrons. The van der Waals surface area contributed by atoms with Crippen molar-refractivity contribution in [2.75, 3.05) is 6.54 Å². The molecule has 2 amide bonds. The summed E-state index contributed by atoms with van der Waals surface area (Å²) in [6.07, 6.45) is 1.11. The van der Waals surface area contributed by atoms with Crippen molar-refractivity contribution < 1.29 is 18.0 Å². The highest BCUT2D eigenvalue weighted by Crippen LogP contribution is 2.31. The van der Waals surface area contributed by atoms with Crippen molar-refractivity contribution in [3.05, 3.63) is 10.7 Å². The summed E-state index contributed by atoms with van der Waals surface area (Å²) in [6, 6.07) is 0. The Kier molecular flexibility index (Phi) is 3.42. The van der Waals surface area contributed by atoms with Gasteiger partial charge >= 0.3 is 0 Å². The third kappa shape index (κ3) is 2.38. The van der Waals surface area contributed by atoms with Gasteiger partial charge in [-0.3, -0.25) is 14.9 Å². The number of nitrogens with zero attached hydrogens (tertiary/aromatic N) is 2. The van der Waals surface area contributed by atoms with Crippen LogP contribution in [0.1, 0.15) is 13.8 Å². The lowest BCUT2D eigenvalue weighted by Gasteiger charge is -2.38. The van der Waals surface area contributed by atoms with Crippen molar-refractivity contribution >= 4 is 44.8 Å². The number of imide groups is 1. The molecule has 1 saturated heterocycles. The highest BCUT2D eigenvalue weighted by atomic mass is 35.5. The molecule has 0 saturated carbocycles. The number of amides is 2. The van der Waals surface area contributed by atoms with Crippen LogP contribution in [0.15, 0.2) is 10.4 Å². The molecule has 19 heavy (non-hydrogen) atoms. The zero-order valence-electron chi connectivity index (χ0n) is 10.0. The number of hydrogen-bond donors (Lipinski definition) is 1. The maximum absolute atomic E-state index is 12.4.